The Balaban J connectivity index is -0.0000000747. The van der Waals surface area contributed by atoms with E-state index in [1.54, 1.807) is 21.6 Å². The van der Waals surface area contributed by atoms with E-state index in [1.165, 1.54) is 0 Å². The van der Waals surface area contributed by atoms with Crippen molar-refractivity contribution in [3.05, 3.63) is 0 Å². The van der Waals surface area contributed by atoms with E-state index in [4.69, 9.17) is 61.3 Å². The predicted molar refractivity (Wildman–Crippen MR) is 153 cm³/mol. The van der Waals surface area contributed by atoms with E-state index in [9.17, 15) is 0 Å². The van der Waals surface area contributed by atoms with E-state index in [-0.39, 0.29) is 123 Å². The van der Waals surface area contributed by atoms with Crippen molar-refractivity contribution in [2.24, 2.45) is 0 Å². The average Bonchev–Trinajstić information content (AvgIpc) is 2.92. The number of rotatable bonds is 22. The second-order valence-corrected chi connectivity index (χ2v) is 7.55. The van der Waals surface area contributed by atoms with E-state index in [1.807, 2.05) is 0 Å². The molecule has 16 nitrogen and oxygen atoms in total. The molecule has 13 N–H and O–H groups in total. The number of hydrogen-bond acceptors (Lipinski definition) is 16. The van der Waals surface area contributed by atoms with Gasteiger partial charge in [-0.15, -0.1) is 0 Å². The van der Waals surface area contributed by atoms with Crippen molar-refractivity contribution in [1.29, 1.82) is 0 Å². The van der Waals surface area contributed by atoms with Gasteiger partial charge in [0.15, 0.2) is 0 Å². The molecule has 0 aliphatic carbocycles. The Bertz CT molecular complexity index is 307. The Kier molecular flexibility index (Phi) is 84.6. The number of aliphatic hydroxyl groups is 12. The SMILES string of the molecule is CCO.OCCN(CCO)CCO.OCCN(CCO)CCO.OCCN(CCO)CCO.OCCNCCO.[Ti].[Ti]. The van der Waals surface area contributed by atoms with Gasteiger partial charge in [0.2, 0.25) is 0 Å². The zero-order valence-corrected chi connectivity index (χ0v) is 28.6. The van der Waals surface area contributed by atoms with Gasteiger partial charge in [-0.1, -0.05) is 0 Å². The number of nitrogens with zero attached hydrogens (tertiary/aromatic N) is 3. The van der Waals surface area contributed by atoms with Gasteiger partial charge in [0, 0.05) is 122 Å². The van der Waals surface area contributed by atoms with E-state index in [2.05, 4.69) is 5.32 Å². The third kappa shape index (κ3) is 63.9. The maximum atomic E-state index is 8.48. The summed E-state index contributed by atoms with van der Waals surface area (Å²) in [5, 5.41) is 103. The summed E-state index contributed by atoms with van der Waals surface area (Å²) in [7, 11) is 0. The smallest absolute Gasteiger partial charge is 0.0558 e. The molecule has 0 bridgehead atoms. The maximum Gasteiger partial charge on any atom is 0.0558 e. The Morgan fingerprint density at radius 1 is 0.333 bits per heavy atom. The minimum atomic E-state index is 0. The molecule has 0 saturated carbocycles. The first-order valence-corrected chi connectivity index (χ1v) is 13.6. The molecule has 0 amide bonds. The fraction of sp³-hybridized carbons (Fsp3) is 1.00. The summed E-state index contributed by atoms with van der Waals surface area (Å²) in [6, 6.07) is 0. The zero-order chi connectivity index (χ0) is 31.7. The van der Waals surface area contributed by atoms with Gasteiger partial charge in [-0.05, 0) is 6.92 Å². The van der Waals surface area contributed by atoms with Crippen molar-refractivity contribution in [3.8, 4) is 0 Å². The maximum absolute atomic E-state index is 8.48. The van der Waals surface area contributed by atoms with Crippen LogP contribution >= 0.6 is 0 Å². The second-order valence-electron chi connectivity index (χ2n) is 7.55. The molecule has 18 heteroatoms. The number of hydrogen-bond donors (Lipinski definition) is 13. The van der Waals surface area contributed by atoms with E-state index in [0.717, 1.165) is 0 Å². The van der Waals surface area contributed by atoms with Crippen LogP contribution in [0.15, 0.2) is 0 Å². The van der Waals surface area contributed by atoms with Crippen LogP contribution in [0.3, 0.4) is 0 Å². The van der Waals surface area contributed by atoms with E-state index < -0.39 is 0 Å². The van der Waals surface area contributed by atoms with Crippen LogP contribution in [0.2, 0.25) is 0 Å². The molecule has 258 valence electrons. The molecule has 0 fully saturated rings. The number of nitrogens with one attached hydrogen (secondary N) is 1. The standard InChI is InChI=1S/3C6H15NO3.C4H11NO2.C2H6O.2Ti/c3*8-4-1-7(2-5-9)3-6-10;6-3-1-5-2-4-7;1-2-3;;/h3*8-10H,1-6H2;5-7H,1-4H2;3H,2H2,1H3;;. The number of aliphatic hydroxyl groups excluding tert-OH is 12. The van der Waals surface area contributed by atoms with Gasteiger partial charge in [-0.25, -0.2) is 0 Å². The summed E-state index contributed by atoms with van der Waals surface area (Å²) in [5.41, 5.74) is 0. The van der Waals surface area contributed by atoms with Gasteiger partial charge in [0.25, 0.3) is 0 Å². The first-order chi connectivity index (χ1) is 19.4. The van der Waals surface area contributed by atoms with Crippen LogP contribution in [0.5, 0.6) is 0 Å². The molecule has 0 aromatic heterocycles. The summed E-state index contributed by atoms with van der Waals surface area (Å²) in [6.45, 7) is 8.61. The predicted octanol–water partition coefficient (Wildman–Crippen LogP) is -6.65. The fourth-order valence-corrected chi connectivity index (χ4v) is 2.56. The minimum absolute atomic E-state index is 0. The van der Waals surface area contributed by atoms with E-state index >= 15 is 0 Å². The molecule has 0 spiro atoms. The normalized spacial score (nSPS) is 9.71. The van der Waals surface area contributed by atoms with Crippen molar-refractivity contribution < 1.29 is 105 Å². The molecule has 0 unspecified atom stereocenters. The van der Waals surface area contributed by atoms with Crippen molar-refractivity contribution in [1.82, 2.24) is 20.0 Å². The van der Waals surface area contributed by atoms with Crippen molar-refractivity contribution >= 4 is 0 Å². The van der Waals surface area contributed by atoms with Crippen LogP contribution < -0.4 is 5.32 Å². The molecule has 42 heavy (non-hydrogen) atoms. The van der Waals surface area contributed by atoms with Crippen LogP contribution in [0.1, 0.15) is 6.92 Å². The first kappa shape index (κ1) is 58.3. The topological polar surface area (TPSA) is 265 Å². The summed E-state index contributed by atoms with van der Waals surface area (Å²) in [5.74, 6) is 0. The van der Waals surface area contributed by atoms with Gasteiger partial charge in [-0.2, -0.15) is 0 Å². The Morgan fingerprint density at radius 2 is 0.476 bits per heavy atom. The largest absolute Gasteiger partial charge is 0.397 e. The molecule has 0 aliphatic rings. The summed E-state index contributed by atoms with van der Waals surface area (Å²) >= 11 is 0. The van der Waals surface area contributed by atoms with Crippen LogP contribution in [-0.2, 0) is 43.4 Å². The van der Waals surface area contributed by atoms with Gasteiger partial charge in [-0.3, -0.25) is 14.7 Å². The Labute approximate surface area is 282 Å². The fourth-order valence-electron chi connectivity index (χ4n) is 2.56. The Hall–Kier alpha value is 0.789. The molecule has 0 heterocycles. The molecule has 0 radical (unpaired) electrons. The minimum Gasteiger partial charge on any atom is -0.397 e. The van der Waals surface area contributed by atoms with Gasteiger partial charge < -0.3 is 66.6 Å². The van der Waals surface area contributed by atoms with E-state index in [0.29, 0.717) is 72.0 Å². The molecular formula is C24H62N4O12Ti2. The summed E-state index contributed by atoms with van der Waals surface area (Å²) in [4.78, 5) is 5.38. The summed E-state index contributed by atoms with van der Waals surface area (Å²) in [6.07, 6.45) is 0. The molecule has 0 aliphatic heterocycles. The van der Waals surface area contributed by atoms with Crippen molar-refractivity contribution in [2.75, 3.05) is 151 Å². The molecule has 0 saturated heterocycles. The molecule has 0 aromatic carbocycles. The first-order valence-electron chi connectivity index (χ1n) is 13.6. The average molecular weight is 695 g/mol. The van der Waals surface area contributed by atoms with Crippen molar-refractivity contribution in [2.45, 2.75) is 6.92 Å². The Morgan fingerprint density at radius 3 is 0.571 bits per heavy atom. The zero-order valence-electron chi connectivity index (χ0n) is 25.5. The summed E-state index contributed by atoms with van der Waals surface area (Å²) < 4.78 is 0. The second kappa shape index (κ2) is 60.9. The monoisotopic (exact) mass is 694 g/mol. The third-order valence-electron chi connectivity index (χ3n) is 4.32. The van der Waals surface area contributed by atoms with Gasteiger partial charge in [0.1, 0.15) is 0 Å². The quantitative estimate of drug-likeness (QED) is 0.0371. The van der Waals surface area contributed by atoms with Crippen LogP contribution in [0.4, 0.5) is 0 Å². The van der Waals surface area contributed by atoms with Crippen LogP contribution in [0.25, 0.3) is 0 Å². The van der Waals surface area contributed by atoms with Crippen LogP contribution in [-0.4, -0.2) is 227 Å². The molecule has 0 rings (SSSR count). The van der Waals surface area contributed by atoms with Crippen LogP contribution in [0, 0.1) is 0 Å². The third-order valence-corrected chi connectivity index (χ3v) is 4.32. The molecular weight excluding hydrogens is 632 g/mol. The molecule has 0 aromatic rings. The van der Waals surface area contributed by atoms with Gasteiger partial charge >= 0.3 is 0 Å². The van der Waals surface area contributed by atoms with Gasteiger partial charge in [0.05, 0.1) is 72.7 Å². The van der Waals surface area contributed by atoms with Crippen molar-refractivity contribution in [3.63, 3.8) is 0 Å². The molecule has 0 atom stereocenters.